The van der Waals surface area contributed by atoms with Gasteiger partial charge in [0, 0.05) is 42.8 Å². The van der Waals surface area contributed by atoms with E-state index < -0.39 is 12.0 Å². The maximum atomic E-state index is 13.6. The van der Waals surface area contributed by atoms with Crippen LogP contribution in [0.15, 0.2) is 12.3 Å². The number of carbonyl (C=O) groups is 1. The minimum absolute atomic E-state index is 0.0559. The fraction of sp³-hybridized carbons (Fsp3) is 0.682. The summed E-state index contributed by atoms with van der Waals surface area (Å²) in [6.45, 7) is 7.29. The van der Waals surface area contributed by atoms with Gasteiger partial charge in [-0.25, -0.2) is 18.6 Å². The number of hydrogen-bond acceptors (Lipinski definition) is 6. The Kier molecular flexibility index (Phi) is 5.22. The minimum Gasteiger partial charge on any atom is -0.440 e. The lowest BCUT2D eigenvalue weighted by Gasteiger charge is -2.43. The third-order valence-electron chi connectivity index (χ3n) is 6.99. The second-order valence-corrected chi connectivity index (χ2v) is 9.88. The maximum Gasteiger partial charge on any atom is 0.410 e. The van der Waals surface area contributed by atoms with Gasteiger partial charge in [-0.3, -0.25) is 0 Å². The van der Waals surface area contributed by atoms with Gasteiger partial charge in [-0.05, 0) is 38.5 Å². The number of halogens is 2. The Hall–Kier alpha value is -2.49. The molecule has 0 aromatic carbocycles. The molecule has 0 radical (unpaired) electrons. The molecule has 2 unspecified atom stereocenters. The summed E-state index contributed by atoms with van der Waals surface area (Å²) >= 11 is 0. The van der Waals surface area contributed by atoms with Gasteiger partial charge < -0.3 is 20.3 Å². The number of aromatic nitrogens is 3. The molecule has 2 aromatic rings. The first-order valence-electron chi connectivity index (χ1n) is 11.4. The summed E-state index contributed by atoms with van der Waals surface area (Å²) in [5.41, 5.74) is 0.626. The molecule has 1 amide bonds. The van der Waals surface area contributed by atoms with Crippen molar-refractivity contribution in [3.8, 4) is 0 Å². The zero-order valence-corrected chi connectivity index (χ0v) is 18.6. The molecule has 2 aromatic heterocycles. The van der Waals surface area contributed by atoms with Crippen LogP contribution in [0.1, 0.15) is 70.1 Å². The van der Waals surface area contributed by atoms with E-state index in [4.69, 9.17) is 4.74 Å². The highest BCUT2D eigenvalue weighted by Gasteiger charge is 2.46. The molecule has 3 saturated heterocycles. The van der Waals surface area contributed by atoms with Gasteiger partial charge in [-0.2, -0.15) is 9.61 Å². The van der Waals surface area contributed by atoms with Crippen LogP contribution in [0.5, 0.6) is 0 Å². The molecule has 2 bridgehead atoms. The Morgan fingerprint density at radius 2 is 1.97 bits per heavy atom. The quantitative estimate of drug-likeness (QED) is 0.726. The van der Waals surface area contributed by atoms with E-state index in [0.717, 1.165) is 31.2 Å². The molecule has 0 spiro atoms. The fourth-order valence-electron chi connectivity index (χ4n) is 5.24. The molecule has 0 saturated carbocycles. The molecular formula is C22H30F2N6O2. The average Bonchev–Trinajstić information content (AvgIpc) is 3.26. The summed E-state index contributed by atoms with van der Waals surface area (Å²) in [6, 6.07) is 1.62. The van der Waals surface area contributed by atoms with Crippen molar-refractivity contribution in [2.24, 2.45) is 0 Å². The van der Waals surface area contributed by atoms with Gasteiger partial charge >= 0.3 is 6.09 Å². The minimum atomic E-state index is -2.66. The van der Waals surface area contributed by atoms with E-state index in [2.05, 4.69) is 20.7 Å². The molecule has 3 fully saturated rings. The number of alkyl halides is 2. The topological polar surface area (TPSA) is 83.8 Å². The number of rotatable bonds is 5. The van der Waals surface area contributed by atoms with E-state index in [0.29, 0.717) is 24.6 Å². The zero-order valence-electron chi connectivity index (χ0n) is 18.6. The number of hydrogen-bond donors (Lipinski definition) is 2. The second kappa shape index (κ2) is 7.83. The molecular weight excluding hydrogens is 418 g/mol. The van der Waals surface area contributed by atoms with E-state index in [1.54, 1.807) is 10.7 Å². The van der Waals surface area contributed by atoms with Crippen molar-refractivity contribution >= 4 is 17.6 Å². The van der Waals surface area contributed by atoms with Gasteiger partial charge in [0.05, 0.1) is 6.20 Å². The molecule has 2 atom stereocenters. The Morgan fingerprint density at radius 3 is 2.53 bits per heavy atom. The first kappa shape index (κ1) is 21.4. The van der Waals surface area contributed by atoms with Crippen molar-refractivity contribution in [3.05, 3.63) is 23.5 Å². The van der Waals surface area contributed by atoms with Gasteiger partial charge in [0.2, 0.25) is 0 Å². The van der Waals surface area contributed by atoms with Crippen LogP contribution < -0.4 is 10.6 Å². The molecule has 32 heavy (non-hydrogen) atoms. The molecule has 5 rings (SSSR count). The molecule has 8 nitrogen and oxygen atoms in total. The van der Waals surface area contributed by atoms with Crippen molar-refractivity contribution in [3.63, 3.8) is 0 Å². The lowest BCUT2D eigenvalue weighted by Crippen LogP contribution is -2.62. The number of nitrogens with one attached hydrogen (secondary N) is 2. The summed E-state index contributed by atoms with van der Waals surface area (Å²) in [5.74, 6) is 0.643. The highest BCUT2D eigenvalue weighted by molar-refractivity contribution is 5.70. The smallest absolute Gasteiger partial charge is 0.410 e. The monoisotopic (exact) mass is 448 g/mol. The summed E-state index contributed by atoms with van der Waals surface area (Å²) < 4.78 is 34.5. The zero-order chi connectivity index (χ0) is 22.6. The number of piperidine rings is 1. The lowest BCUT2D eigenvalue weighted by atomic mass is 9.97. The van der Waals surface area contributed by atoms with Crippen molar-refractivity contribution < 1.29 is 18.3 Å². The van der Waals surface area contributed by atoms with E-state index in [9.17, 15) is 13.6 Å². The van der Waals surface area contributed by atoms with Crippen LogP contribution in [0.3, 0.4) is 0 Å². The van der Waals surface area contributed by atoms with Gasteiger partial charge in [-0.15, -0.1) is 0 Å². The predicted molar refractivity (Wildman–Crippen MR) is 115 cm³/mol. The Bertz CT molecular complexity index is 1010. The highest BCUT2D eigenvalue weighted by atomic mass is 19.3. The van der Waals surface area contributed by atoms with Gasteiger partial charge in [0.1, 0.15) is 17.1 Å². The van der Waals surface area contributed by atoms with Gasteiger partial charge in [0.15, 0.2) is 5.65 Å². The van der Waals surface area contributed by atoms with E-state index in [-0.39, 0.29) is 35.8 Å². The summed E-state index contributed by atoms with van der Waals surface area (Å²) in [6.07, 6.45) is 2.15. The number of nitrogens with zero attached hydrogens (tertiary/aromatic N) is 4. The lowest BCUT2D eigenvalue weighted by molar-refractivity contribution is -0.0405. The van der Waals surface area contributed by atoms with E-state index >= 15 is 0 Å². The standard InChI is InChI=1S/C22H30F2N6O2/c1-12(2)16-9-26-30-18(8-17(19(23)24)28-20(16)30)27-13-6-14-4-5-15(7-13)29(14)21(31)32-22(3)10-25-11-22/h8-9,12-15,19,25,27H,4-7,10-11H2,1-3H3. The van der Waals surface area contributed by atoms with Crippen molar-refractivity contribution in [1.29, 1.82) is 0 Å². The molecule has 0 aliphatic carbocycles. The summed E-state index contributed by atoms with van der Waals surface area (Å²) in [4.78, 5) is 18.9. The highest BCUT2D eigenvalue weighted by Crippen LogP contribution is 2.38. The fourth-order valence-corrected chi connectivity index (χ4v) is 5.24. The summed E-state index contributed by atoms with van der Waals surface area (Å²) in [5, 5.41) is 11.0. The molecule has 10 heteroatoms. The first-order valence-corrected chi connectivity index (χ1v) is 11.4. The van der Waals surface area contributed by atoms with Crippen molar-refractivity contribution in [2.75, 3.05) is 18.4 Å². The molecule has 5 heterocycles. The molecule has 174 valence electrons. The number of ether oxygens (including phenoxy) is 1. The molecule has 3 aliphatic heterocycles. The van der Waals surface area contributed by atoms with E-state index in [1.807, 2.05) is 25.7 Å². The number of amides is 1. The van der Waals surface area contributed by atoms with E-state index in [1.165, 1.54) is 6.07 Å². The van der Waals surface area contributed by atoms with Crippen LogP contribution in [-0.2, 0) is 4.74 Å². The maximum absolute atomic E-state index is 13.6. The number of anilines is 1. The third-order valence-corrected chi connectivity index (χ3v) is 6.99. The van der Waals surface area contributed by atoms with Crippen molar-refractivity contribution in [2.45, 2.75) is 82.5 Å². The van der Waals surface area contributed by atoms with Crippen molar-refractivity contribution in [1.82, 2.24) is 24.8 Å². The van der Waals surface area contributed by atoms with Gasteiger partial charge in [0.25, 0.3) is 6.43 Å². The largest absolute Gasteiger partial charge is 0.440 e. The molecule has 2 N–H and O–H groups in total. The second-order valence-electron chi connectivity index (χ2n) is 9.88. The number of carbonyl (C=O) groups excluding carboxylic acids is 1. The Morgan fingerprint density at radius 1 is 1.28 bits per heavy atom. The Labute approximate surface area is 185 Å². The predicted octanol–water partition coefficient (Wildman–Crippen LogP) is 3.70. The number of fused-ring (bicyclic) bond motifs is 3. The van der Waals surface area contributed by atoms with Crippen LogP contribution in [0.2, 0.25) is 0 Å². The average molecular weight is 449 g/mol. The first-order chi connectivity index (χ1) is 15.2. The van der Waals surface area contributed by atoms with Crippen LogP contribution in [0.4, 0.5) is 19.4 Å². The Balaban J connectivity index is 1.35. The van der Waals surface area contributed by atoms with Crippen LogP contribution >= 0.6 is 0 Å². The molecule has 3 aliphatic rings. The normalized spacial score (nSPS) is 26.6. The summed E-state index contributed by atoms with van der Waals surface area (Å²) in [7, 11) is 0. The third kappa shape index (κ3) is 3.68. The van der Waals surface area contributed by atoms with Gasteiger partial charge in [-0.1, -0.05) is 13.8 Å². The van der Waals surface area contributed by atoms with Crippen LogP contribution in [-0.4, -0.2) is 62.4 Å². The van der Waals surface area contributed by atoms with Crippen LogP contribution in [0.25, 0.3) is 5.65 Å². The SMILES string of the molecule is CC(C)c1cnn2c(NC3CC4CCC(C3)N4C(=O)OC3(C)CNC3)cc(C(F)F)nc12. The van der Waals surface area contributed by atoms with Crippen LogP contribution in [0, 0.1) is 0 Å².